The quantitative estimate of drug-likeness (QED) is 0.523. The highest BCUT2D eigenvalue weighted by atomic mass is 19.1. The molecule has 144 valence electrons. The first-order valence-corrected chi connectivity index (χ1v) is 8.67. The average molecular weight is 390 g/mol. The first kappa shape index (κ1) is 18.2. The van der Waals surface area contributed by atoms with Gasteiger partial charge in [-0.25, -0.2) is 4.39 Å². The molecule has 0 aliphatic rings. The van der Waals surface area contributed by atoms with Gasteiger partial charge in [-0.2, -0.15) is 5.21 Å². The molecular weight excluding hydrogens is 375 g/mol. The molecular formula is C20H15FN6O2. The van der Waals surface area contributed by atoms with Crippen molar-refractivity contribution in [1.29, 1.82) is 0 Å². The summed E-state index contributed by atoms with van der Waals surface area (Å²) < 4.78 is 20.0. The number of carbonyl (C=O) groups is 1. The fraction of sp³-hybridized carbons (Fsp3) is 0.0500. The highest BCUT2D eigenvalue weighted by Crippen LogP contribution is 2.22. The molecule has 0 saturated heterocycles. The number of pyridine rings is 1. The SMILES string of the molecule is O=C(Cc1ccc(-c2nn[nH]n2)cc1F)Nc1ccc(Oc2cccnc2)cc1. The zero-order valence-electron chi connectivity index (χ0n) is 15.0. The molecule has 0 unspecified atom stereocenters. The number of benzene rings is 2. The van der Waals surface area contributed by atoms with Gasteiger partial charge in [-0.3, -0.25) is 9.78 Å². The zero-order chi connectivity index (χ0) is 20.1. The Hall–Kier alpha value is -4.14. The molecule has 1 amide bonds. The van der Waals surface area contributed by atoms with Crippen LogP contribution >= 0.6 is 0 Å². The van der Waals surface area contributed by atoms with Crippen molar-refractivity contribution < 1.29 is 13.9 Å². The predicted molar refractivity (Wildman–Crippen MR) is 103 cm³/mol. The van der Waals surface area contributed by atoms with Crippen LogP contribution < -0.4 is 10.1 Å². The van der Waals surface area contributed by atoms with E-state index >= 15 is 0 Å². The Morgan fingerprint density at radius 2 is 1.97 bits per heavy atom. The van der Waals surface area contributed by atoms with Crippen LogP contribution in [0.1, 0.15) is 5.56 Å². The lowest BCUT2D eigenvalue weighted by Gasteiger charge is -2.09. The Morgan fingerprint density at radius 3 is 2.66 bits per heavy atom. The number of rotatable bonds is 6. The number of nitrogens with zero attached hydrogens (tertiary/aromatic N) is 4. The molecule has 29 heavy (non-hydrogen) atoms. The molecule has 4 rings (SSSR count). The molecule has 2 aromatic carbocycles. The third-order valence-electron chi connectivity index (χ3n) is 4.02. The third-order valence-corrected chi connectivity index (χ3v) is 4.02. The second-order valence-corrected chi connectivity index (χ2v) is 6.08. The number of carbonyl (C=O) groups excluding carboxylic acids is 1. The van der Waals surface area contributed by atoms with Gasteiger partial charge >= 0.3 is 0 Å². The van der Waals surface area contributed by atoms with Gasteiger partial charge in [0.1, 0.15) is 17.3 Å². The standard InChI is InChI=1S/C20H15FN6O2/c21-18-10-14(20-24-26-27-25-20)4-3-13(18)11-19(28)23-15-5-7-16(8-6-15)29-17-2-1-9-22-12-17/h1-10,12H,11H2,(H,23,28)(H,24,25,26,27). The van der Waals surface area contributed by atoms with E-state index in [0.29, 0.717) is 22.7 Å². The van der Waals surface area contributed by atoms with E-state index in [1.807, 2.05) is 0 Å². The van der Waals surface area contributed by atoms with E-state index < -0.39 is 5.82 Å². The molecule has 2 heterocycles. The maximum Gasteiger partial charge on any atom is 0.228 e. The topological polar surface area (TPSA) is 106 Å². The Kier molecular flexibility index (Phi) is 5.19. The van der Waals surface area contributed by atoms with Crippen molar-refractivity contribution in [3.05, 3.63) is 78.4 Å². The van der Waals surface area contributed by atoms with Crippen LogP contribution in [-0.2, 0) is 11.2 Å². The van der Waals surface area contributed by atoms with Crippen LogP contribution in [0.4, 0.5) is 10.1 Å². The largest absolute Gasteiger partial charge is 0.456 e. The smallest absolute Gasteiger partial charge is 0.228 e. The van der Waals surface area contributed by atoms with Crippen molar-refractivity contribution in [2.75, 3.05) is 5.32 Å². The molecule has 0 aliphatic carbocycles. The molecule has 2 aromatic heterocycles. The van der Waals surface area contributed by atoms with E-state index in [1.165, 1.54) is 12.1 Å². The molecule has 0 radical (unpaired) electrons. The summed E-state index contributed by atoms with van der Waals surface area (Å²) in [7, 11) is 0. The summed E-state index contributed by atoms with van der Waals surface area (Å²) in [6.45, 7) is 0. The summed E-state index contributed by atoms with van der Waals surface area (Å²) in [6, 6.07) is 14.9. The Labute approximate surface area is 164 Å². The van der Waals surface area contributed by atoms with Gasteiger partial charge in [0, 0.05) is 17.4 Å². The third kappa shape index (κ3) is 4.59. The van der Waals surface area contributed by atoms with Crippen molar-refractivity contribution in [2.45, 2.75) is 6.42 Å². The Bertz CT molecular complexity index is 1100. The lowest BCUT2D eigenvalue weighted by Crippen LogP contribution is -2.15. The summed E-state index contributed by atoms with van der Waals surface area (Å²) in [4.78, 5) is 16.2. The molecule has 0 aliphatic heterocycles. The van der Waals surface area contributed by atoms with Gasteiger partial charge in [0.25, 0.3) is 0 Å². The summed E-state index contributed by atoms with van der Waals surface area (Å²) in [5.41, 5.74) is 1.33. The number of amides is 1. The number of H-pyrrole nitrogens is 1. The van der Waals surface area contributed by atoms with Crippen LogP contribution in [0.25, 0.3) is 11.4 Å². The van der Waals surface area contributed by atoms with Gasteiger partial charge in [0.2, 0.25) is 11.7 Å². The minimum atomic E-state index is -0.511. The van der Waals surface area contributed by atoms with Gasteiger partial charge in [-0.15, -0.1) is 10.2 Å². The average Bonchev–Trinajstić information content (AvgIpc) is 3.27. The number of nitrogens with one attached hydrogen (secondary N) is 2. The van der Waals surface area contributed by atoms with Crippen LogP contribution in [0.2, 0.25) is 0 Å². The number of hydrogen-bond donors (Lipinski definition) is 2. The molecule has 0 atom stereocenters. The fourth-order valence-electron chi connectivity index (χ4n) is 2.64. The minimum absolute atomic E-state index is 0.105. The van der Waals surface area contributed by atoms with E-state index in [0.717, 1.165) is 0 Å². The van der Waals surface area contributed by atoms with Crippen LogP contribution in [0.15, 0.2) is 67.0 Å². The van der Waals surface area contributed by atoms with Gasteiger partial charge < -0.3 is 10.1 Å². The summed E-state index contributed by atoms with van der Waals surface area (Å²) in [6.07, 6.45) is 3.16. The van der Waals surface area contributed by atoms with Crippen molar-refractivity contribution in [3.8, 4) is 22.9 Å². The van der Waals surface area contributed by atoms with E-state index in [9.17, 15) is 9.18 Å². The van der Waals surface area contributed by atoms with Gasteiger partial charge in [-0.1, -0.05) is 12.1 Å². The molecule has 0 bridgehead atoms. The van der Waals surface area contributed by atoms with Crippen molar-refractivity contribution >= 4 is 11.6 Å². The number of tetrazole rings is 1. The van der Waals surface area contributed by atoms with Gasteiger partial charge in [0.15, 0.2) is 0 Å². The van der Waals surface area contributed by atoms with Crippen LogP contribution in [-0.4, -0.2) is 31.5 Å². The Morgan fingerprint density at radius 1 is 1.10 bits per heavy atom. The Balaban J connectivity index is 1.37. The first-order valence-electron chi connectivity index (χ1n) is 8.67. The number of ether oxygens (including phenoxy) is 1. The van der Waals surface area contributed by atoms with Crippen LogP contribution in [0.5, 0.6) is 11.5 Å². The normalized spacial score (nSPS) is 10.5. The highest BCUT2D eigenvalue weighted by Gasteiger charge is 2.12. The van der Waals surface area contributed by atoms with Crippen molar-refractivity contribution in [2.24, 2.45) is 0 Å². The van der Waals surface area contributed by atoms with E-state index in [2.05, 4.69) is 30.9 Å². The second kappa shape index (κ2) is 8.26. The first-order chi connectivity index (χ1) is 14.2. The summed E-state index contributed by atoms with van der Waals surface area (Å²) in [5, 5.41) is 16.1. The number of anilines is 1. The molecule has 0 fully saturated rings. The van der Waals surface area contributed by atoms with Crippen molar-refractivity contribution in [3.63, 3.8) is 0 Å². The monoisotopic (exact) mass is 390 g/mol. The summed E-state index contributed by atoms with van der Waals surface area (Å²) in [5.74, 6) is 0.663. The maximum absolute atomic E-state index is 14.3. The van der Waals surface area contributed by atoms with Crippen LogP contribution in [0, 0.1) is 5.82 Å². The lowest BCUT2D eigenvalue weighted by molar-refractivity contribution is -0.115. The molecule has 0 spiro atoms. The number of halogens is 1. The maximum atomic E-state index is 14.3. The second-order valence-electron chi connectivity index (χ2n) is 6.08. The summed E-state index contributed by atoms with van der Waals surface area (Å²) >= 11 is 0. The van der Waals surface area contributed by atoms with Gasteiger partial charge in [-0.05, 0) is 53.2 Å². The van der Waals surface area contributed by atoms with E-state index in [-0.39, 0.29) is 23.7 Å². The van der Waals surface area contributed by atoms with Gasteiger partial charge in [0.05, 0.1) is 12.6 Å². The van der Waals surface area contributed by atoms with Crippen LogP contribution in [0.3, 0.4) is 0 Å². The molecule has 4 aromatic rings. The highest BCUT2D eigenvalue weighted by molar-refractivity contribution is 5.92. The lowest BCUT2D eigenvalue weighted by atomic mass is 10.1. The zero-order valence-corrected chi connectivity index (χ0v) is 15.0. The van der Waals surface area contributed by atoms with E-state index in [4.69, 9.17) is 4.74 Å². The number of aromatic amines is 1. The predicted octanol–water partition coefficient (Wildman–Crippen LogP) is 3.37. The number of aromatic nitrogens is 5. The number of hydrogen-bond acceptors (Lipinski definition) is 6. The van der Waals surface area contributed by atoms with Crippen molar-refractivity contribution in [1.82, 2.24) is 25.6 Å². The molecule has 2 N–H and O–H groups in total. The minimum Gasteiger partial charge on any atom is -0.456 e. The molecule has 9 heteroatoms. The fourth-order valence-corrected chi connectivity index (χ4v) is 2.64. The molecule has 0 saturated carbocycles. The molecule has 8 nitrogen and oxygen atoms in total. The van der Waals surface area contributed by atoms with E-state index in [1.54, 1.807) is 54.9 Å².